The Balaban J connectivity index is 8.00. The Hall–Kier alpha value is -5.29. The summed E-state index contributed by atoms with van der Waals surface area (Å²) in [5.41, 5.74) is -20.9. The predicted molar refractivity (Wildman–Crippen MR) is 276 cm³/mol. The third-order valence-corrected chi connectivity index (χ3v) is 14.3. The van der Waals surface area contributed by atoms with Gasteiger partial charge in [0.15, 0.2) is 0 Å². The van der Waals surface area contributed by atoms with Gasteiger partial charge < -0.3 is 109 Å². The third-order valence-electron chi connectivity index (χ3n) is 14.3. The highest BCUT2D eigenvalue weighted by Crippen LogP contribution is 2.34. The van der Waals surface area contributed by atoms with Gasteiger partial charge in [-0.1, -0.05) is 6.92 Å². The molecule has 0 saturated carbocycles. The number of aliphatic hydroxyl groups excluding tert-OH is 12. The zero-order valence-electron chi connectivity index (χ0n) is 48.9. The van der Waals surface area contributed by atoms with Gasteiger partial charge in [-0.15, -0.1) is 0 Å². The van der Waals surface area contributed by atoms with E-state index < -0.39 is 253 Å². The Morgan fingerprint density at radius 3 is 0.675 bits per heavy atom. The van der Waals surface area contributed by atoms with Crippen LogP contribution in [0, 0.1) is 54.1 Å². The monoisotopic (exact) mass is 1210 g/mol. The molecule has 83 heavy (non-hydrogen) atoms. The van der Waals surface area contributed by atoms with Crippen molar-refractivity contribution in [1.82, 2.24) is 0 Å². The van der Waals surface area contributed by atoms with Crippen LogP contribution in [0.5, 0.6) is 0 Å². The van der Waals surface area contributed by atoms with Crippen LogP contribution in [0.25, 0.3) is 0 Å². The number of methoxy groups -OCH3 is 1. The van der Waals surface area contributed by atoms with Crippen molar-refractivity contribution < 1.29 is 152 Å². The second-order valence-corrected chi connectivity index (χ2v) is 23.1. The molecule has 31 nitrogen and oxygen atoms in total. The number of esters is 9. The maximum atomic E-state index is 14.5. The molecule has 0 amide bonds. The van der Waals surface area contributed by atoms with Gasteiger partial charge in [-0.2, -0.15) is 0 Å². The Morgan fingerprint density at radius 2 is 0.446 bits per heavy atom. The summed E-state index contributed by atoms with van der Waals surface area (Å²) < 4.78 is 53.8. The van der Waals surface area contributed by atoms with Gasteiger partial charge in [0.2, 0.25) is 0 Å². The van der Waals surface area contributed by atoms with E-state index in [1.807, 2.05) is 0 Å². The molecule has 0 aromatic carbocycles. The van der Waals surface area contributed by atoms with Crippen LogP contribution in [0.1, 0.15) is 68.7 Å². The molecule has 0 radical (unpaired) electrons. The summed E-state index contributed by atoms with van der Waals surface area (Å²) in [5, 5.41) is 120. The zero-order valence-corrected chi connectivity index (χ0v) is 48.9. The SMILES string of the molecule is CCC(CO)(COC(=O)C(C)(CO)COC(=O)C(C)(CO)CO)C(=O)OCC(COC(=O)C(C)(CO)CO)(COC(=O)C(C)(CO)COC(=O)C(C)(CO)COC)COC(=O)C(C)(COC(=O)C(C)(CO)CO)COC(=O)C(C)(CO)CO. The fourth-order valence-corrected chi connectivity index (χ4v) is 6.00. The Labute approximate surface area is 479 Å². The zero-order chi connectivity index (χ0) is 64.5. The van der Waals surface area contributed by atoms with Crippen LogP contribution < -0.4 is 0 Å². The molecule has 0 rings (SSSR count). The summed E-state index contributed by atoms with van der Waals surface area (Å²) in [4.78, 5) is 122. The number of rotatable bonds is 42. The van der Waals surface area contributed by atoms with Gasteiger partial charge in [0, 0.05) is 7.11 Å². The van der Waals surface area contributed by atoms with Gasteiger partial charge in [-0.3, -0.25) is 43.2 Å². The number of aliphatic hydroxyl groups is 12. The van der Waals surface area contributed by atoms with Crippen LogP contribution in [-0.2, 0) is 90.5 Å². The molecule has 0 aromatic rings. The van der Waals surface area contributed by atoms with Gasteiger partial charge >= 0.3 is 53.7 Å². The molecule has 0 fully saturated rings. The molecule has 12 N–H and O–H groups in total. The van der Waals surface area contributed by atoms with Crippen LogP contribution >= 0.6 is 0 Å². The second-order valence-electron chi connectivity index (χ2n) is 23.1. The van der Waals surface area contributed by atoms with E-state index in [9.17, 15) is 104 Å². The Bertz CT molecular complexity index is 2090. The topological polar surface area (TPSA) is 489 Å². The summed E-state index contributed by atoms with van der Waals surface area (Å²) >= 11 is 0. The lowest BCUT2D eigenvalue weighted by atomic mass is 9.86. The van der Waals surface area contributed by atoms with Crippen molar-refractivity contribution in [2.75, 3.05) is 152 Å². The van der Waals surface area contributed by atoms with E-state index in [4.69, 9.17) is 47.4 Å². The number of carbonyl (C=O) groups is 9. The van der Waals surface area contributed by atoms with Crippen molar-refractivity contribution in [3.8, 4) is 0 Å². The van der Waals surface area contributed by atoms with Crippen molar-refractivity contribution >= 4 is 53.7 Å². The maximum Gasteiger partial charge on any atom is 0.318 e. The van der Waals surface area contributed by atoms with Crippen molar-refractivity contribution in [3.05, 3.63) is 0 Å². The molecule has 0 bridgehead atoms. The van der Waals surface area contributed by atoms with Crippen LogP contribution in [-0.4, -0.2) is 267 Å². The average Bonchev–Trinajstić information content (AvgIpc) is 3.54. The second kappa shape index (κ2) is 33.4. The normalized spacial score (nSPS) is 16.0. The minimum absolute atomic E-state index is 0.360. The standard InChI is InChI=1S/C52H88O31/c1-11-52(23-64,33-83-40(71)49(8,22-63)25-75-34(65)43(2,12-53)13-54)42(73)82-32-51(29-79-37(68)46(5,18-59)19-60,30-80-39(70)48(7,21-62)26-76-38(69)47(6,20-61)24-74-10)31-81-41(72)50(9,27-77-35(66)44(3,14-55)15-56)28-78-36(67)45(4,16-57)17-58/h53-64H,11-33H2,1-10H3. The van der Waals surface area contributed by atoms with Crippen LogP contribution in [0.2, 0.25) is 0 Å². The smallest absolute Gasteiger partial charge is 0.318 e. The van der Waals surface area contributed by atoms with Crippen LogP contribution in [0.4, 0.5) is 0 Å². The molecule has 0 aliphatic heterocycles. The van der Waals surface area contributed by atoms with Crippen LogP contribution in [0.3, 0.4) is 0 Å². The van der Waals surface area contributed by atoms with Crippen molar-refractivity contribution in [1.29, 1.82) is 0 Å². The van der Waals surface area contributed by atoms with Gasteiger partial charge in [-0.05, 0) is 61.8 Å². The summed E-state index contributed by atoms with van der Waals surface area (Å²) in [7, 11) is 1.22. The highest BCUT2D eigenvalue weighted by Gasteiger charge is 2.50. The Kier molecular flexibility index (Phi) is 31.3. The van der Waals surface area contributed by atoms with Gasteiger partial charge in [0.1, 0.15) is 114 Å². The fraction of sp³-hybridized carbons (Fsp3) is 0.827. The van der Waals surface area contributed by atoms with Crippen molar-refractivity contribution in [3.63, 3.8) is 0 Å². The first-order valence-corrected chi connectivity index (χ1v) is 25.9. The molecule has 0 saturated heterocycles. The number of ether oxygens (including phenoxy) is 10. The molecule has 0 heterocycles. The molecule has 0 aliphatic carbocycles. The van der Waals surface area contributed by atoms with E-state index in [1.54, 1.807) is 0 Å². The van der Waals surface area contributed by atoms with Crippen molar-refractivity contribution in [2.24, 2.45) is 54.1 Å². The number of hydrogen-bond acceptors (Lipinski definition) is 31. The average molecular weight is 1210 g/mol. The van der Waals surface area contributed by atoms with E-state index in [0.29, 0.717) is 0 Å². The maximum absolute atomic E-state index is 14.5. The van der Waals surface area contributed by atoms with E-state index in [0.717, 1.165) is 48.5 Å². The minimum atomic E-state index is -2.46. The fourth-order valence-electron chi connectivity index (χ4n) is 6.00. The predicted octanol–water partition coefficient (Wildman–Crippen LogP) is -5.14. The summed E-state index contributed by atoms with van der Waals surface area (Å²) in [6, 6.07) is 0. The summed E-state index contributed by atoms with van der Waals surface area (Å²) in [5.74, 6) is -11.9. The number of hydrogen-bond donors (Lipinski definition) is 12. The minimum Gasteiger partial charge on any atom is -0.464 e. The van der Waals surface area contributed by atoms with Crippen molar-refractivity contribution in [2.45, 2.75) is 68.7 Å². The Morgan fingerprint density at radius 1 is 0.253 bits per heavy atom. The molecular weight excluding hydrogens is 1120 g/mol. The van der Waals surface area contributed by atoms with Gasteiger partial charge in [0.05, 0.1) is 85.9 Å². The van der Waals surface area contributed by atoms with E-state index in [1.165, 1.54) is 21.0 Å². The lowest BCUT2D eigenvalue weighted by Gasteiger charge is -2.37. The van der Waals surface area contributed by atoms with E-state index in [2.05, 4.69) is 0 Å². The van der Waals surface area contributed by atoms with E-state index in [-0.39, 0.29) is 6.61 Å². The molecule has 5 atom stereocenters. The molecule has 5 unspecified atom stereocenters. The third kappa shape index (κ3) is 20.2. The van der Waals surface area contributed by atoms with E-state index >= 15 is 0 Å². The largest absolute Gasteiger partial charge is 0.464 e. The lowest BCUT2D eigenvalue weighted by Crippen LogP contribution is -2.51. The molecule has 31 heteroatoms. The molecule has 482 valence electrons. The first-order valence-electron chi connectivity index (χ1n) is 25.9. The molecule has 0 spiro atoms. The highest BCUT2D eigenvalue weighted by molar-refractivity contribution is 5.83. The van der Waals surface area contributed by atoms with Crippen LogP contribution in [0.15, 0.2) is 0 Å². The first kappa shape index (κ1) is 77.7. The van der Waals surface area contributed by atoms with Gasteiger partial charge in [-0.25, -0.2) is 0 Å². The molecular formula is C52H88O31. The summed E-state index contributed by atoms with van der Waals surface area (Å²) in [6.07, 6.45) is -0.427. The highest BCUT2D eigenvalue weighted by atomic mass is 16.6. The molecule has 0 aromatic heterocycles. The lowest BCUT2D eigenvalue weighted by molar-refractivity contribution is -0.190. The quantitative estimate of drug-likeness (QED) is 0.0201. The van der Waals surface area contributed by atoms with Gasteiger partial charge in [0.25, 0.3) is 0 Å². The molecule has 0 aliphatic rings. The number of carbonyl (C=O) groups excluding carboxylic acids is 9. The summed E-state index contributed by atoms with van der Waals surface area (Å²) in [6.45, 7) is -12.1. The first-order chi connectivity index (χ1) is 38.5.